The van der Waals surface area contributed by atoms with Gasteiger partial charge in [0, 0.05) is 25.4 Å². The van der Waals surface area contributed by atoms with Crippen molar-refractivity contribution in [3.05, 3.63) is 0 Å². The van der Waals surface area contributed by atoms with E-state index in [9.17, 15) is 0 Å². The third-order valence-corrected chi connectivity index (χ3v) is 1.47. The van der Waals surface area contributed by atoms with Crippen molar-refractivity contribution in [2.45, 2.75) is 12.6 Å². The minimum Gasteiger partial charge on any atom is -0.0945 e. The van der Waals surface area contributed by atoms with Gasteiger partial charge in [-0.15, -0.1) is 0 Å². The zero-order valence-corrected chi connectivity index (χ0v) is 6.79. The summed E-state index contributed by atoms with van der Waals surface area (Å²) in [7, 11) is 0.199. The molecule has 0 aromatic rings. The Bertz CT molecular complexity index is 69.4. The van der Waals surface area contributed by atoms with Gasteiger partial charge in [0.15, 0.2) is 0 Å². The fourth-order valence-corrected chi connectivity index (χ4v) is 1.11. The van der Waals surface area contributed by atoms with E-state index in [0.29, 0.717) is 0 Å². The fraction of sp³-hybridized carbons (Fsp3) is 0.500. The van der Waals surface area contributed by atoms with Gasteiger partial charge >= 0.3 is 0 Å². The van der Waals surface area contributed by atoms with Crippen LogP contribution in [0.1, 0.15) is 0 Å². The molecule has 0 atom stereocenters. The minimum atomic E-state index is 0.199. The molecule has 0 amide bonds. The Morgan fingerprint density at radius 3 is 2.67 bits per heavy atom. The molecule has 0 aliphatic rings. The Morgan fingerprint density at radius 2 is 2.50 bits per heavy atom. The van der Waals surface area contributed by atoms with Gasteiger partial charge in [-0.2, -0.15) is 0 Å². The van der Waals surface area contributed by atoms with Gasteiger partial charge in [-0.05, 0) is 10.9 Å². The molecule has 0 aliphatic carbocycles. The molecule has 0 saturated carbocycles. The van der Waals surface area contributed by atoms with Crippen LogP contribution in [0.5, 0.6) is 0 Å². The zero-order chi connectivity index (χ0) is 4.83. The van der Waals surface area contributed by atoms with Crippen molar-refractivity contribution in [3.63, 3.8) is 0 Å². The van der Waals surface area contributed by atoms with E-state index in [1.54, 1.807) is 0 Å². The minimum absolute atomic E-state index is 0.199. The third-order valence-electron chi connectivity index (χ3n) is 0.442. The highest BCUT2D eigenvalue weighted by atomic mass is 79.9. The van der Waals surface area contributed by atoms with Crippen molar-refractivity contribution in [1.82, 2.24) is 0 Å². The average Bonchev–Trinajstić information content (AvgIpc) is 1.61. The van der Waals surface area contributed by atoms with E-state index < -0.39 is 0 Å². The van der Waals surface area contributed by atoms with Crippen LogP contribution in [0.2, 0.25) is 12.6 Å². The molecule has 0 radical (unpaired) electrons. The number of hydrogen-bond donors (Lipinski definition) is 0. The summed E-state index contributed by atoms with van der Waals surface area (Å²) >= 11 is 3.01. The van der Waals surface area contributed by atoms with Crippen LogP contribution in [0, 0.1) is 10.8 Å². The quantitative estimate of drug-likeness (QED) is 0.399. The van der Waals surface area contributed by atoms with E-state index in [0.717, 1.165) is 6.04 Å². The first-order chi connectivity index (χ1) is 2.91. The van der Waals surface area contributed by atoms with E-state index >= 15 is 0 Å². The van der Waals surface area contributed by atoms with Crippen molar-refractivity contribution in [3.8, 4) is 10.8 Å². The maximum atomic E-state index is 3.01. The van der Waals surface area contributed by atoms with Gasteiger partial charge in [0.05, 0.1) is 0 Å². The molecule has 6 heavy (non-hydrogen) atoms. The van der Waals surface area contributed by atoms with Gasteiger partial charge in [0.2, 0.25) is 0 Å². The largest absolute Gasteiger partial charge is 0.0945 e. The maximum absolute atomic E-state index is 3.01. The molecule has 0 unspecified atom stereocenters. The summed E-state index contributed by atoms with van der Waals surface area (Å²) in [4.78, 5) is 2.67. The molecule has 0 aliphatic heterocycles. The van der Waals surface area contributed by atoms with Crippen molar-refractivity contribution in [1.29, 1.82) is 0 Å². The lowest BCUT2D eigenvalue weighted by Crippen LogP contribution is -1.71. The summed E-state index contributed by atoms with van der Waals surface area (Å²) in [5.41, 5.74) is 0. The molecule has 0 rings (SSSR count). The zero-order valence-electron chi connectivity index (χ0n) is 3.79. The standard InChI is InChI=1S/C4H7BrSi/c1-6-4-2-3-5/h4,6H2,1H3. The van der Waals surface area contributed by atoms with Gasteiger partial charge in [0.25, 0.3) is 0 Å². The highest BCUT2D eigenvalue weighted by molar-refractivity contribution is 9.12. The van der Waals surface area contributed by atoms with Crippen LogP contribution in [0.4, 0.5) is 0 Å². The lowest BCUT2D eigenvalue weighted by atomic mass is 10.8. The topological polar surface area (TPSA) is 0 Å². The molecule has 0 aromatic heterocycles. The Balaban J connectivity index is 2.79. The molecule has 2 heteroatoms. The lowest BCUT2D eigenvalue weighted by molar-refractivity contribution is 1.81. The molecule has 0 N–H and O–H groups in total. The van der Waals surface area contributed by atoms with E-state index in [4.69, 9.17) is 0 Å². The highest BCUT2D eigenvalue weighted by Crippen LogP contribution is 1.74. The first-order valence-corrected chi connectivity index (χ1v) is 5.21. The van der Waals surface area contributed by atoms with Crippen LogP contribution in [0.3, 0.4) is 0 Å². The number of hydrogen-bond acceptors (Lipinski definition) is 0. The molecule has 0 aromatic carbocycles. The van der Waals surface area contributed by atoms with Gasteiger partial charge in [-0.25, -0.2) is 0 Å². The van der Waals surface area contributed by atoms with Crippen LogP contribution in [0.15, 0.2) is 0 Å². The highest BCUT2D eigenvalue weighted by Gasteiger charge is 1.66. The van der Waals surface area contributed by atoms with Crippen LogP contribution in [-0.4, -0.2) is 9.52 Å². The normalized spacial score (nSPS) is 8.33. The Kier molecular flexibility index (Phi) is 5.48. The van der Waals surface area contributed by atoms with Gasteiger partial charge < -0.3 is 0 Å². The van der Waals surface area contributed by atoms with Gasteiger partial charge in [0.1, 0.15) is 0 Å². The average molecular weight is 163 g/mol. The first-order valence-electron chi connectivity index (χ1n) is 2.00. The van der Waals surface area contributed by atoms with E-state index in [2.05, 4.69) is 33.2 Å². The predicted octanol–water partition coefficient (Wildman–Crippen LogP) is 0.977. The maximum Gasteiger partial charge on any atom is 0.0312 e. The Labute approximate surface area is 49.3 Å². The first kappa shape index (κ1) is 6.26. The summed E-state index contributed by atoms with van der Waals surface area (Å²) in [6.07, 6.45) is 0. The predicted molar refractivity (Wildman–Crippen MR) is 35.9 cm³/mol. The summed E-state index contributed by atoms with van der Waals surface area (Å²) in [5.74, 6) is 2.93. The molecule has 0 heterocycles. The lowest BCUT2D eigenvalue weighted by Gasteiger charge is -1.69. The van der Waals surface area contributed by atoms with Crippen molar-refractivity contribution < 1.29 is 0 Å². The van der Waals surface area contributed by atoms with E-state index in [1.807, 2.05) is 0 Å². The van der Waals surface area contributed by atoms with Crippen molar-refractivity contribution in [2.75, 3.05) is 0 Å². The van der Waals surface area contributed by atoms with Crippen molar-refractivity contribution >= 4 is 25.4 Å². The number of rotatable bonds is 1. The van der Waals surface area contributed by atoms with Crippen molar-refractivity contribution in [2.24, 2.45) is 0 Å². The molecule has 0 nitrogen and oxygen atoms in total. The fourth-order valence-electron chi connectivity index (χ4n) is 0.172. The Morgan fingerprint density at radius 1 is 1.83 bits per heavy atom. The monoisotopic (exact) mass is 162 g/mol. The molecular formula is C4H7BrSi. The molecule has 0 fully saturated rings. The molecular weight excluding hydrogens is 156 g/mol. The van der Waals surface area contributed by atoms with Gasteiger partial charge in [-0.1, -0.05) is 12.5 Å². The van der Waals surface area contributed by atoms with E-state index in [-0.39, 0.29) is 9.52 Å². The smallest absolute Gasteiger partial charge is 0.0312 e. The van der Waals surface area contributed by atoms with Gasteiger partial charge in [-0.3, -0.25) is 0 Å². The summed E-state index contributed by atoms with van der Waals surface area (Å²) in [6.45, 7) is 2.25. The second-order valence-electron chi connectivity index (χ2n) is 1.02. The molecule has 0 bridgehead atoms. The second-order valence-corrected chi connectivity index (χ2v) is 2.92. The summed E-state index contributed by atoms with van der Waals surface area (Å²) < 4.78 is 0. The third kappa shape index (κ3) is 4.26. The summed E-state index contributed by atoms with van der Waals surface area (Å²) in [6, 6.07) is 1.14. The Hall–Kier alpha value is 0.257. The van der Waals surface area contributed by atoms with Crippen LogP contribution in [-0.2, 0) is 0 Å². The van der Waals surface area contributed by atoms with E-state index in [1.165, 1.54) is 0 Å². The molecule has 0 spiro atoms. The van der Waals surface area contributed by atoms with Crippen LogP contribution < -0.4 is 0 Å². The second kappa shape index (κ2) is 5.26. The summed E-state index contributed by atoms with van der Waals surface area (Å²) in [5, 5.41) is 0. The van der Waals surface area contributed by atoms with Crippen LogP contribution >= 0.6 is 15.9 Å². The SMILES string of the molecule is C[SiH2]CC#CBr. The molecule has 0 saturated heterocycles. The molecule has 34 valence electrons. The number of halogens is 1. The van der Waals surface area contributed by atoms with Crippen LogP contribution in [0.25, 0.3) is 0 Å².